The molecule has 0 aromatic carbocycles. The largest absolute Gasteiger partial charge is 0.339 e. The summed E-state index contributed by atoms with van der Waals surface area (Å²) in [5.74, 6) is 3.85. The van der Waals surface area contributed by atoms with Gasteiger partial charge in [-0.2, -0.15) is 4.98 Å². The van der Waals surface area contributed by atoms with Crippen molar-refractivity contribution in [2.24, 2.45) is 17.6 Å². The minimum absolute atomic E-state index is 0.272. The molecule has 0 bridgehead atoms. The van der Waals surface area contributed by atoms with Crippen molar-refractivity contribution in [3.05, 3.63) is 11.7 Å². The molecule has 1 aromatic heterocycles. The van der Waals surface area contributed by atoms with Crippen molar-refractivity contribution in [2.75, 3.05) is 0 Å². The first-order valence-corrected chi connectivity index (χ1v) is 6.41. The summed E-state index contributed by atoms with van der Waals surface area (Å²) in [6, 6.07) is 0. The standard InChI is InChI=1S/C12H17N3O/c13-12(5-2-6-12)11-14-10(16-15-11)9-7-3-1-4-8(7)9/h7-9H,1-6,13H2. The van der Waals surface area contributed by atoms with Crippen molar-refractivity contribution in [1.29, 1.82) is 0 Å². The van der Waals surface area contributed by atoms with E-state index in [0.717, 1.165) is 36.4 Å². The lowest BCUT2D eigenvalue weighted by Crippen LogP contribution is -2.44. The highest BCUT2D eigenvalue weighted by Crippen LogP contribution is 2.62. The summed E-state index contributed by atoms with van der Waals surface area (Å²) in [6.07, 6.45) is 7.28. The van der Waals surface area contributed by atoms with Crippen LogP contribution in [-0.2, 0) is 5.54 Å². The highest BCUT2D eigenvalue weighted by atomic mass is 16.5. The highest BCUT2D eigenvalue weighted by Gasteiger charge is 2.56. The first-order valence-electron chi connectivity index (χ1n) is 6.41. The quantitative estimate of drug-likeness (QED) is 0.825. The molecule has 0 radical (unpaired) electrons. The van der Waals surface area contributed by atoms with E-state index in [0.29, 0.717) is 5.92 Å². The molecule has 0 spiro atoms. The molecule has 4 nitrogen and oxygen atoms in total. The second kappa shape index (κ2) is 2.86. The van der Waals surface area contributed by atoms with Gasteiger partial charge in [-0.15, -0.1) is 0 Å². The van der Waals surface area contributed by atoms with Crippen LogP contribution in [0.15, 0.2) is 4.52 Å². The van der Waals surface area contributed by atoms with E-state index >= 15 is 0 Å². The van der Waals surface area contributed by atoms with Gasteiger partial charge in [0.2, 0.25) is 5.89 Å². The van der Waals surface area contributed by atoms with E-state index in [1.54, 1.807) is 0 Å². The Balaban J connectivity index is 1.58. The molecule has 2 atom stereocenters. The van der Waals surface area contributed by atoms with E-state index in [9.17, 15) is 0 Å². The molecule has 0 amide bonds. The second-order valence-electron chi connectivity index (χ2n) is 5.75. The number of hydrogen-bond donors (Lipinski definition) is 1. The van der Waals surface area contributed by atoms with E-state index < -0.39 is 0 Å². The number of hydrogen-bond acceptors (Lipinski definition) is 4. The summed E-state index contributed by atoms with van der Waals surface area (Å²) in [5, 5.41) is 4.09. The summed E-state index contributed by atoms with van der Waals surface area (Å²) < 4.78 is 5.41. The molecule has 3 aliphatic rings. The van der Waals surface area contributed by atoms with Gasteiger partial charge >= 0.3 is 0 Å². The Bertz CT molecular complexity index is 414. The number of rotatable bonds is 2. The Morgan fingerprint density at radius 2 is 1.94 bits per heavy atom. The van der Waals surface area contributed by atoms with Crippen LogP contribution in [-0.4, -0.2) is 10.1 Å². The molecular formula is C12H17N3O. The molecular weight excluding hydrogens is 202 g/mol. The van der Waals surface area contributed by atoms with Crippen LogP contribution < -0.4 is 5.73 Å². The van der Waals surface area contributed by atoms with Crippen LogP contribution in [0, 0.1) is 11.8 Å². The minimum atomic E-state index is -0.272. The van der Waals surface area contributed by atoms with E-state index in [4.69, 9.17) is 10.3 Å². The van der Waals surface area contributed by atoms with Gasteiger partial charge in [0.15, 0.2) is 5.82 Å². The molecule has 86 valence electrons. The highest BCUT2D eigenvalue weighted by molar-refractivity contribution is 5.18. The molecule has 3 fully saturated rings. The summed E-state index contributed by atoms with van der Waals surface area (Å²) >= 11 is 0. The van der Waals surface area contributed by atoms with E-state index in [1.165, 1.54) is 25.7 Å². The molecule has 3 aliphatic carbocycles. The van der Waals surface area contributed by atoms with Crippen molar-refractivity contribution < 1.29 is 4.52 Å². The lowest BCUT2D eigenvalue weighted by molar-refractivity contribution is 0.228. The lowest BCUT2D eigenvalue weighted by Gasteiger charge is -2.34. The molecule has 16 heavy (non-hydrogen) atoms. The Morgan fingerprint density at radius 1 is 1.19 bits per heavy atom. The average Bonchev–Trinajstić information content (AvgIpc) is 2.74. The third-order valence-corrected chi connectivity index (χ3v) is 4.82. The maximum Gasteiger partial charge on any atom is 0.230 e. The maximum absolute atomic E-state index is 6.19. The molecule has 0 aliphatic heterocycles. The normalized spacial score (nSPS) is 39.2. The van der Waals surface area contributed by atoms with Crippen LogP contribution in [0.4, 0.5) is 0 Å². The number of nitrogens with two attached hydrogens (primary N) is 1. The fourth-order valence-corrected chi connectivity index (χ4v) is 3.54. The van der Waals surface area contributed by atoms with Crippen LogP contribution in [0.25, 0.3) is 0 Å². The number of fused-ring (bicyclic) bond motifs is 1. The van der Waals surface area contributed by atoms with Crippen LogP contribution in [0.5, 0.6) is 0 Å². The molecule has 0 saturated heterocycles. The van der Waals surface area contributed by atoms with Gasteiger partial charge in [-0.3, -0.25) is 0 Å². The third-order valence-electron chi connectivity index (χ3n) is 4.82. The number of nitrogens with zero attached hydrogens (tertiary/aromatic N) is 2. The van der Waals surface area contributed by atoms with Crippen LogP contribution >= 0.6 is 0 Å². The van der Waals surface area contributed by atoms with Crippen LogP contribution in [0.2, 0.25) is 0 Å². The van der Waals surface area contributed by atoms with Gasteiger partial charge < -0.3 is 10.3 Å². The molecule has 2 unspecified atom stereocenters. The zero-order valence-electron chi connectivity index (χ0n) is 9.35. The minimum Gasteiger partial charge on any atom is -0.339 e. The van der Waals surface area contributed by atoms with Crippen LogP contribution in [0.3, 0.4) is 0 Å². The van der Waals surface area contributed by atoms with Gasteiger partial charge in [0.05, 0.1) is 5.54 Å². The molecule has 4 rings (SSSR count). The topological polar surface area (TPSA) is 64.9 Å². The summed E-state index contributed by atoms with van der Waals surface area (Å²) in [4.78, 5) is 4.55. The van der Waals surface area contributed by atoms with E-state index in [2.05, 4.69) is 10.1 Å². The average molecular weight is 219 g/mol. The Kier molecular flexibility index (Phi) is 1.64. The molecule has 4 heteroatoms. The fraction of sp³-hybridized carbons (Fsp3) is 0.833. The Labute approximate surface area is 94.6 Å². The smallest absolute Gasteiger partial charge is 0.230 e. The maximum atomic E-state index is 6.19. The molecule has 3 saturated carbocycles. The van der Waals surface area contributed by atoms with Crippen molar-refractivity contribution in [3.8, 4) is 0 Å². The predicted octanol–water partition coefficient (Wildman–Crippen LogP) is 1.92. The van der Waals surface area contributed by atoms with Gasteiger partial charge in [-0.25, -0.2) is 0 Å². The molecule has 2 N–H and O–H groups in total. The van der Waals surface area contributed by atoms with E-state index in [1.807, 2.05) is 0 Å². The first-order chi connectivity index (χ1) is 7.78. The van der Waals surface area contributed by atoms with Crippen molar-refractivity contribution in [1.82, 2.24) is 10.1 Å². The van der Waals surface area contributed by atoms with E-state index in [-0.39, 0.29) is 5.54 Å². The van der Waals surface area contributed by atoms with Crippen molar-refractivity contribution in [2.45, 2.75) is 50.0 Å². The second-order valence-corrected chi connectivity index (χ2v) is 5.75. The van der Waals surface area contributed by atoms with Gasteiger partial charge in [0.25, 0.3) is 0 Å². The fourth-order valence-electron chi connectivity index (χ4n) is 3.54. The van der Waals surface area contributed by atoms with Gasteiger partial charge in [-0.1, -0.05) is 11.6 Å². The van der Waals surface area contributed by atoms with Crippen molar-refractivity contribution in [3.63, 3.8) is 0 Å². The zero-order valence-corrected chi connectivity index (χ0v) is 9.35. The van der Waals surface area contributed by atoms with Gasteiger partial charge in [0.1, 0.15) is 0 Å². The summed E-state index contributed by atoms with van der Waals surface area (Å²) in [6.45, 7) is 0. The monoisotopic (exact) mass is 219 g/mol. The van der Waals surface area contributed by atoms with Gasteiger partial charge in [0, 0.05) is 5.92 Å². The van der Waals surface area contributed by atoms with Crippen LogP contribution in [0.1, 0.15) is 56.2 Å². The molecule has 1 aromatic rings. The SMILES string of the molecule is NC1(c2noc(C3C4CCCC43)n2)CCC1. The predicted molar refractivity (Wildman–Crippen MR) is 57.6 cm³/mol. The molecule has 1 heterocycles. The Hall–Kier alpha value is -0.900. The summed E-state index contributed by atoms with van der Waals surface area (Å²) in [7, 11) is 0. The first kappa shape index (κ1) is 9.16. The van der Waals surface area contributed by atoms with Crippen molar-refractivity contribution >= 4 is 0 Å². The zero-order chi connectivity index (χ0) is 10.8. The third kappa shape index (κ3) is 1.08. The number of aromatic nitrogens is 2. The summed E-state index contributed by atoms with van der Waals surface area (Å²) in [5.41, 5.74) is 5.92. The lowest BCUT2D eigenvalue weighted by atomic mass is 9.77. The van der Waals surface area contributed by atoms with Gasteiger partial charge in [-0.05, 0) is 43.9 Å². The Morgan fingerprint density at radius 3 is 2.56 bits per heavy atom.